The normalized spacial score (nSPS) is 16.5. The second-order valence-electron chi connectivity index (χ2n) is 7.22. The van der Waals surface area contributed by atoms with Crippen LogP contribution in [-0.2, 0) is 18.5 Å². The number of hydrogen-bond donors (Lipinski definition) is 2. The molecule has 0 spiro atoms. The molecule has 0 aliphatic carbocycles. The fourth-order valence-corrected chi connectivity index (χ4v) is 4.66. The predicted octanol–water partition coefficient (Wildman–Crippen LogP) is 4.79. The zero-order valence-corrected chi connectivity index (χ0v) is 18.5. The van der Waals surface area contributed by atoms with Crippen molar-refractivity contribution < 1.29 is 4.74 Å². The zero-order chi connectivity index (χ0) is 20.1. The number of methoxy groups -OCH3 is 1. The van der Waals surface area contributed by atoms with Crippen molar-refractivity contribution in [2.24, 2.45) is 5.92 Å². The Labute approximate surface area is 180 Å². The number of aryl methyl sites for hydroxylation is 1. The van der Waals surface area contributed by atoms with Crippen LogP contribution in [0.5, 0.6) is 5.75 Å². The van der Waals surface area contributed by atoms with Gasteiger partial charge in [-0.1, -0.05) is 39.7 Å². The average molecular weight is 463 g/mol. The van der Waals surface area contributed by atoms with Crippen LogP contribution in [-0.4, -0.2) is 20.2 Å². The van der Waals surface area contributed by atoms with Gasteiger partial charge in [0.2, 0.25) is 0 Å². The maximum atomic E-state index is 9.37. The summed E-state index contributed by atoms with van der Waals surface area (Å²) in [6.45, 7) is 3.69. The highest BCUT2D eigenvalue weighted by molar-refractivity contribution is 9.10. The molecule has 2 N–H and O–H groups in total. The minimum atomic E-state index is -0.420. The molecule has 0 amide bonds. The van der Waals surface area contributed by atoms with Crippen molar-refractivity contribution in [3.63, 3.8) is 0 Å². The van der Waals surface area contributed by atoms with Gasteiger partial charge in [0.1, 0.15) is 5.75 Å². The predicted molar refractivity (Wildman–Crippen MR) is 117 cm³/mol. The standard InChI is InChI=1S/C22H25BrClN3O/c1-15(14-25)13-22(26-10-11-27-22)19-4-3-5-20(24)18(19)8-6-16-12-17(23)7-9-21(16)28-2/h3-5,7,9,12,15,26-27H,6,8,10-11,13H2,1-2H3. The molecule has 2 aromatic carbocycles. The van der Waals surface area contributed by atoms with Gasteiger partial charge < -0.3 is 4.74 Å². The van der Waals surface area contributed by atoms with Crippen LogP contribution < -0.4 is 15.4 Å². The number of benzene rings is 2. The summed E-state index contributed by atoms with van der Waals surface area (Å²) < 4.78 is 6.55. The van der Waals surface area contributed by atoms with E-state index in [2.05, 4.69) is 44.8 Å². The number of halogens is 2. The Balaban J connectivity index is 1.94. The van der Waals surface area contributed by atoms with Crippen LogP contribution in [0.2, 0.25) is 5.02 Å². The van der Waals surface area contributed by atoms with E-state index in [1.165, 1.54) is 0 Å². The SMILES string of the molecule is COc1ccc(Br)cc1CCc1c(Cl)cccc1C1(CC(C)C#N)NCCN1. The summed E-state index contributed by atoms with van der Waals surface area (Å²) in [5.41, 5.74) is 2.96. The molecular weight excluding hydrogens is 438 g/mol. The molecule has 0 saturated carbocycles. The molecule has 2 aromatic rings. The fraction of sp³-hybridized carbons (Fsp3) is 0.409. The third kappa shape index (κ3) is 4.52. The van der Waals surface area contributed by atoms with Crippen LogP contribution in [0.1, 0.15) is 30.0 Å². The summed E-state index contributed by atoms with van der Waals surface area (Å²) >= 11 is 10.2. The van der Waals surface area contributed by atoms with Crippen molar-refractivity contribution in [2.45, 2.75) is 31.8 Å². The molecule has 3 rings (SSSR count). The van der Waals surface area contributed by atoms with E-state index < -0.39 is 5.66 Å². The Bertz CT molecular complexity index is 875. The Kier molecular flexibility index (Phi) is 7.00. The van der Waals surface area contributed by atoms with E-state index in [4.69, 9.17) is 16.3 Å². The molecule has 148 valence electrons. The van der Waals surface area contributed by atoms with Gasteiger partial charge in [0.05, 0.1) is 18.8 Å². The van der Waals surface area contributed by atoms with E-state index in [9.17, 15) is 5.26 Å². The van der Waals surface area contributed by atoms with Gasteiger partial charge in [-0.2, -0.15) is 5.26 Å². The number of nitriles is 1. The van der Waals surface area contributed by atoms with E-state index in [1.807, 2.05) is 31.2 Å². The van der Waals surface area contributed by atoms with Crippen molar-refractivity contribution in [1.29, 1.82) is 5.26 Å². The van der Waals surface area contributed by atoms with E-state index in [1.54, 1.807) is 7.11 Å². The summed E-state index contributed by atoms with van der Waals surface area (Å²) in [6, 6.07) is 14.5. The molecule has 1 unspecified atom stereocenters. The molecule has 6 heteroatoms. The van der Waals surface area contributed by atoms with Crippen LogP contribution in [0.15, 0.2) is 40.9 Å². The molecule has 1 heterocycles. The third-order valence-corrected chi connectivity index (χ3v) is 6.12. The Hall–Kier alpha value is -1.58. The molecule has 1 saturated heterocycles. The molecule has 1 aliphatic rings. The first-order chi connectivity index (χ1) is 13.5. The molecule has 0 bridgehead atoms. The second kappa shape index (κ2) is 9.28. The average Bonchev–Trinajstić information content (AvgIpc) is 3.16. The van der Waals surface area contributed by atoms with Gasteiger partial charge in [-0.3, -0.25) is 10.6 Å². The number of nitrogens with zero attached hydrogens (tertiary/aromatic N) is 1. The lowest BCUT2D eigenvalue weighted by atomic mass is 9.85. The first-order valence-electron chi connectivity index (χ1n) is 9.49. The lowest BCUT2D eigenvalue weighted by molar-refractivity contribution is 0.289. The summed E-state index contributed by atoms with van der Waals surface area (Å²) in [7, 11) is 1.69. The Morgan fingerprint density at radius 2 is 2.00 bits per heavy atom. The van der Waals surface area contributed by atoms with Crippen molar-refractivity contribution in [3.05, 3.63) is 62.6 Å². The highest BCUT2D eigenvalue weighted by atomic mass is 79.9. The monoisotopic (exact) mass is 461 g/mol. The van der Waals surface area contributed by atoms with E-state index in [-0.39, 0.29) is 5.92 Å². The summed E-state index contributed by atoms with van der Waals surface area (Å²) in [4.78, 5) is 0. The first kappa shape index (κ1) is 21.1. The second-order valence-corrected chi connectivity index (χ2v) is 8.54. The van der Waals surface area contributed by atoms with Crippen molar-refractivity contribution in [1.82, 2.24) is 10.6 Å². The molecule has 1 fully saturated rings. The summed E-state index contributed by atoms with van der Waals surface area (Å²) in [5, 5.41) is 17.3. The van der Waals surface area contributed by atoms with Crippen LogP contribution in [0.25, 0.3) is 0 Å². The van der Waals surface area contributed by atoms with E-state index in [0.29, 0.717) is 6.42 Å². The van der Waals surface area contributed by atoms with Gasteiger partial charge in [0, 0.05) is 28.5 Å². The number of nitrogens with one attached hydrogen (secondary N) is 2. The molecular formula is C22H25BrClN3O. The topological polar surface area (TPSA) is 57.1 Å². The maximum absolute atomic E-state index is 9.37. The van der Waals surface area contributed by atoms with Gasteiger partial charge in [-0.05, 0) is 67.1 Å². The van der Waals surface area contributed by atoms with Gasteiger partial charge in [-0.25, -0.2) is 0 Å². The Morgan fingerprint density at radius 3 is 2.68 bits per heavy atom. The fourth-order valence-electron chi connectivity index (χ4n) is 3.98. The van der Waals surface area contributed by atoms with Crippen molar-refractivity contribution in [2.75, 3.05) is 20.2 Å². The summed E-state index contributed by atoms with van der Waals surface area (Å²) in [5.74, 6) is 0.803. The summed E-state index contributed by atoms with van der Waals surface area (Å²) in [6.07, 6.45) is 2.29. The molecule has 0 aromatic heterocycles. The number of ether oxygens (including phenoxy) is 1. The van der Waals surface area contributed by atoms with Gasteiger partial charge in [0.25, 0.3) is 0 Å². The lowest BCUT2D eigenvalue weighted by Gasteiger charge is -2.34. The van der Waals surface area contributed by atoms with Gasteiger partial charge in [-0.15, -0.1) is 0 Å². The molecule has 0 radical (unpaired) electrons. The molecule has 4 nitrogen and oxygen atoms in total. The minimum absolute atomic E-state index is 0.0740. The smallest absolute Gasteiger partial charge is 0.122 e. The first-order valence-corrected chi connectivity index (χ1v) is 10.7. The van der Waals surface area contributed by atoms with Crippen molar-refractivity contribution >= 4 is 27.5 Å². The van der Waals surface area contributed by atoms with Gasteiger partial charge in [0.15, 0.2) is 0 Å². The molecule has 1 aliphatic heterocycles. The number of rotatable bonds is 7. The van der Waals surface area contributed by atoms with Crippen LogP contribution >= 0.6 is 27.5 Å². The highest BCUT2D eigenvalue weighted by Gasteiger charge is 2.38. The quantitative estimate of drug-likeness (QED) is 0.621. The van der Waals surface area contributed by atoms with Crippen LogP contribution in [0.4, 0.5) is 0 Å². The van der Waals surface area contributed by atoms with E-state index in [0.717, 1.165) is 57.9 Å². The van der Waals surface area contributed by atoms with Crippen LogP contribution in [0.3, 0.4) is 0 Å². The van der Waals surface area contributed by atoms with Crippen molar-refractivity contribution in [3.8, 4) is 11.8 Å². The lowest BCUT2D eigenvalue weighted by Crippen LogP contribution is -2.47. The Morgan fingerprint density at radius 1 is 1.25 bits per heavy atom. The maximum Gasteiger partial charge on any atom is 0.122 e. The minimum Gasteiger partial charge on any atom is -0.496 e. The largest absolute Gasteiger partial charge is 0.496 e. The highest BCUT2D eigenvalue weighted by Crippen LogP contribution is 2.35. The van der Waals surface area contributed by atoms with Crippen LogP contribution in [0, 0.1) is 17.2 Å². The molecule has 1 atom stereocenters. The third-order valence-electron chi connectivity index (χ3n) is 5.28. The number of hydrogen-bond acceptors (Lipinski definition) is 4. The van der Waals surface area contributed by atoms with Gasteiger partial charge >= 0.3 is 0 Å². The molecule has 28 heavy (non-hydrogen) atoms. The van der Waals surface area contributed by atoms with E-state index >= 15 is 0 Å². The zero-order valence-electron chi connectivity index (χ0n) is 16.2.